The van der Waals surface area contributed by atoms with E-state index in [0.717, 1.165) is 0 Å². The number of alkyl halides is 3. The average molecular weight is 223 g/mol. The third-order valence-corrected chi connectivity index (χ3v) is 2.14. The van der Waals surface area contributed by atoms with Crippen molar-refractivity contribution in [2.45, 2.75) is 32.7 Å². The zero-order chi connectivity index (χ0) is 10.7. The van der Waals surface area contributed by atoms with Gasteiger partial charge in [0.25, 0.3) is 6.43 Å². The Labute approximate surface area is 86.9 Å². The van der Waals surface area contributed by atoms with E-state index in [1.54, 1.807) is 0 Å². The fraction of sp³-hybridized carbons (Fsp3) is 0.667. The summed E-state index contributed by atoms with van der Waals surface area (Å²) in [6.07, 6.45) is -1.10. The van der Waals surface area contributed by atoms with Crippen LogP contribution in [0.15, 0.2) is 6.20 Å². The van der Waals surface area contributed by atoms with E-state index in [1.807, 2.05) is 13.8 Å². The first-order valence-corrected chi connectivity index (χ1v) is 4.98. The third kappa shape index (κ3) is 2.44. The highest BCUT2D eigenvalue weighted by atomic mass is 35.5. The van der Waals surface area contributed by atoms with Crippen molar-refractivity contribution >= 4 is 11.6 Å². The van der Waals surface area contributed by atoms with Crippen LogP contribution in [0.2, 0.25) is 0 Å². The molecule has 0 saturated carbocycles. The molecule has 0 aliphatic rings. The molecule has 1 rings (SSSR count). The Morgan fingerprint density at radius 1 is 1.50 bits per heavy atom. The van der Waals surface area contributed by atoms with Gasteiger partial charge in [-0.05, 0) is 5.92 Å². The Balaban J connectivity index is 2.98. The van der Waals surface area contributed by atoms with Gasteiger partial charge in [-0.2, -0.15) is 5.10 Å². The Bertz CT molecular complexity index is 297. The Morgan fingerprint density at radius 3 is 2.57 bits per heavy atom. The monoisotopic (exact) mass is 222 g/mol. The zero-order valence-electron chi connectivity index (χ0n) is 8.17. The topological polar surface area (TPSA) is 17.8 Å². The molecule has 1 aromatic rings. The van der Waals surface area contributed by atoms with Crippen molar-refractivity contribution in [3.05, 3.63) is 17.5 Å². The second-order valence-corrected chi connectivity index (χ2v) is 3.83. The Morgan fingerprint density at radius 2 is 2.14 bits per heavy atom. The lowest BCUT2D eigenvalue weighted by Crippen LogP contribution is -2.10. The standard InChI is InChI=1S/C9H13ClF2N2/c1-6(2)5-14-8(9(11)12)7(3-10)4-13-14/h4,6,9H,3,5H2,1-2H3. The lowest BCUT2D eigenvalue weighted by molar-refractivity contribution is 0.136. The van der Waals surface area contributed by atoms with Crippen LogP contribution in [-0.2, 0) is 12.4 Å². The van der Waals surface area contributed by atoms with Crippen LogP contribution >= 0.6 is 11.6 Å². The van der Waals surface area contributed by atoms with Gasteiger partial charge in [-0.15, -0.1) is 11.6 Å². The van der Waals surface area contributed by atoms with Crippen LogP contribution in [0, 0.1) is 5.92 Å². The first-order valence-electron chi connectivity index (χ1n) is 4.45. The summed E-state index contributed by atoms with van der Waals surface area (Å²) in [5.74, 6) is 0.369. The second kappa shape index (κ2) is 4.73. The lowest BCUT2D eigenvalue weighted by atomic mass is 10.2. The SMILES string of the molecule is CC(C)Cn1ncc(CCl)c1C(F)F. The quantitative estimate of drug-likeness (QED) is 0.716. The summed E-state index contributed by atoms with van der Waals surface area (Å²) in [7, 11) is 0. The van der Waals surface area contributed by atoms with Crippen LogP contribution in [0.4, 0.5) is 8.78 Å². The molecule has 0 aromatic carbocycles. The molecule has 0 aliphatic heterocycles. The summed E-state index contributed by atoms with van der Waals surface area (Å²) in [5, 5.41) is 3.90. The van der Waals surface area contributed by atoms with Gasteiger partial charge in [0, 0.05) is 12.1 Å². The van der Waals surface area contributed by atoms with Crippen LogP contribution in [0.1, 0.15) is 31.5 Å². The van der Waals surface area contributed by atoms with Gasteiger partial charge in [-0.3, -0.25) is 4.68 Å². The molecule has 1 heterocycles. The number of halogens is 3. The average Bonchev–Trinajstić information content (AvgIpc) is 2.46. The highest BCUT2D eigenvalue weighted by molar-refractivity contribution is 6.17. The summed E-state index contributed by atoms with van der Waals surface area (Å²) in [5.41, 5.74) is 0.371. The van der Waals surface area contributed by atoms with E-state index in [4.69, 9.17) is 11.6 Å². The molecule has 0 fully saturated rings. The van der Waals surface area contributed by atoms with Crippen molar-refractivity contribution in [1.82, 2.24) is 9.78 Å². The Hall–Kier alpha value is -0.640. The maximum absolute atomic E-state index is 12.6. The van der Waals surface area contributed by atoms with E-state index in [9.17, 15) is 8.78 Å². The molecule has 0 bridgehead atoms. The minimum atomic E-state index is -2.51. The van der Waals surface area contributed by atoms with E-state index in [2.05, 4.69) is 5.10 Å². The van der Waals surface area contributed by atoms with Crippen molar-refractivity contribution < 1.29 is 8.78 Å². The lowest BCUT2D eigenvalue weighted by Gasteiger charge is -2.09. The molecule has 0 unspecified atom stereocenters. The highest BCUT2D eigenvalue weighted by Crippen LogP contribution is 2.24. The number of hydrogen-bond acceptors (Lipinski definition) is 1. The molecule has 5 heteroatoms. The van der Waals surface area contributed by atoms with Crippen LogP contribution in [-0.4, -0.2) is 9.78 Å². The summed E-state index contributed by atoms with van der Waals surface area (Å²) in [6, 6.07) is 0. The fourth-order valence-corrected chi connectivity index (χ4v) is 1.49. The molecule has 2 nitrogen and oxygen atoms in total. The van der Waals surface area contributed by atoms with Crippen LogP contribution < -0.4 is 0 Å². The molecule has 0 spiro atoms. The van der Waals surface area contributed by atoms with Crippen LogP contribution in [0.3, 0.4) is 0 Å². The van der Waals surface area contributed by atoms with Crippen molar-refractivity contribution in [3.8, 4) is 0 Å². The van der Waals surface area contributed by atoms with Gasteiger partial charge in [0.2, 0.25) is 0 Å². The number of hydrogen-bond donors (Lipinski definition) is 0. The molecule has 0 atom stereocenters. The van der Waals surface area contributed by atoms with E-state index < -0.39 is 6.43 Å². The van der Waals surface area contributed by atoms with E-state index in [-0.39, 0.29) is 17.5 Å². The van der Waals surface area contributed by atoms with Gasteiger partial charge >= 0.3 is 0 Å². The van der Waals surface area contributed by atoms with Crippen molar-refractivity contribution in [1.29, 1.82) is 0 Å². The van der Waals surface area contributed by atoms with Gasteiger partial charge in [0.15, 0.2) is 0 Å². The zero-order valence-corrected chi connectivity index (χ0v) is 8.93. The van der Waals surface area contributed by atoms with E-state index in [0.29, 0.717) is 12.1 Å². The number of aromatic nitrogens is 2. The maximum atomic E-state index is 12.6. The van der Waals surface area contributed by atoms with E-state index >= 15 is 0 Å². The van der Waals surface area contributed by atoms with Gasteiger partial charge < -0.3 is 0 Å². The molecule has 0 N–H and O–H groups in total. The molecule has 14 heavy (non-hydrogen) atoms. The minimum absolute atomic E-state index is 0.0475. The predicted octanol–water partition coefficient (Wildman–Crippen LogP) is 3.22. The van der Waals surface area contributed by atoms with Gasteiger partial charge in [-0.1, -0.05) is 13.8 Å². The maximum Gasteiger partial charge on any atom is 0.280 e. The molecule has 0 aliphatic carbocycles. The highest BCUT2D eigenvalue weighted by Gasteiger charge is 2.19. The number of rotatable bonds is 4. The minimum Gasteiger partial charge on any atom is -0.263 e. The van der Waals surface area contributed by atoms with E-state index in [1.165, 1.54) is 10.9 Å². The van der Waals surface area contributed by atoms with Crippen molar-refractivity contribution in [2.24, 2.45) is 5.92 Å². The molecule has 0 saturated heterocycles. The first-order chi connectivity index (χ1) is 6.56. The molecule has 80 valence electrons. The van der Waals surface area contributed by atoms with Gasteiger partial charge in [0.05, 0.1) is 12.1 Å². The first kappa shape index (κ1) is 11.4. The number of nitrogens with zero attached hydrogens (tertiary/aromatic N) is 2. The van der Waals surface area contributed by atoms with Gasteiger partial charge in [-0.25, -0.2) is 8.78 Å². The molecule has 1 aromatic heterocycles. The summed E-state index contributed by atoms with van der Waals surface area (Å²) < 4.78 is 26.6. The largest absolute Gasteiger partial charge is 0.280 e. The third-order valence-electron chi connectivity index (χ3n) is 1.85. The summed E-state index contributed by atoms with van der Waals surface area (Å²) in [4.78, 5) is 0. The van der Waals surface area contributed by atoms with Gasteiger partial charge in [0.1, 0.15) is 5.69 Å². The normalized spacial score (nSPS) is 11.6. The fourth-order valence-electron chi connectivity index (χ4n) is 1.28. The summed E-state index contributed by atoms with van der Waals surface area (Å²) in [6.45, 7) is 4.41. The molecule has 0 amide bonds. The molecule has 0 radical (unpaired) electrons. The predicted molar refractivity (Wildman–Crippen MR) is 51.6 cm³/mol. The summed E-state index contributed by atoms with van der Waals surface area (Å²) >= 11 is 5.54. The second-order valence-electron chi connectivity index (χ2n) is 3.57. The molecular weight excluding hydrogens is 210 g/mol. The molecular formula is C9H13ClF2N2. The van der Waals surface area contributed by atoms with Crippen LogP contribution in [0.5, 0.6) is 0 Å². The smallest absolute Gasteiger partial charge is 0.263 e. The Kier molecular flexibility index (Phi) is 3.86. The van der Waals surface area contributed by atoms with Crippen molar-refractivity contribution in [3.63, 3.8) is 0 Å². The van der Waals surface area contributed by atoms with Crippen molar-refractivity contribution in [2.75, 3.05) is 0 Å². The van der Waals surface area contributed by atoms with Crippen LogP contribution in [0.25, 0.3) is 0 Å².